The molecule has 1 aromatic carbocycles. The number of rotatable bonds is 8. The lowest BCUT2D eigenvalue weighted by molar-refractivity contribution is -0.449. The highest BCUT2D eigenvalue weighted by Crippen LogP contribution is 2.62. The van der Waals surface area contributed by atoms with E-state index in [1.807, 2.05) is 0 Å². The fourth-order valence-corrected chi connectivity index (χ4v) is 2.58. The second-order valence-corrected chi connectivity index (χ2v) is 7.24. The van der Waals surface area contributed by atoms with Crippen LogP contribution in [0, 0.1) is 0 Å². The molecule has 2 aromatic rings. The summed E-state index contributed by atoms with van der Waals surface area (Å²) < 4.78 is 199. The first-order valence-electron chi connectivity index (χ1n) is 8.60. The summed E-state index contributed by atoms with van der Waals surface area (Å²) in [5, 5.41) is 10.3. The fourth-order valence-electron chi connectivity index (χ4n) is 2.38. The number of aromatic nitrogens is 4. The van der Waals surface area contributed by atoms with Crippen LogP contribution in [-0.4, -0.2) is 67.8 Å². The Kier molecular flexibility index (Phi) is 7.22. The molecule has 0 spiro atoms. The van der Waals surface area contributed by atoms with E-state index in [4.69, 9.17) is 0 Å². The van der Waals surface area contributed by atoms with Crippen LogP contribution in [0.5, 0.6) is 0 Å². The first-order chi connectivity index (χ1) is 16.4. The molecule has 0 fully saturated rings. The van der Waals surface area contributed by atoms with Crippen LogP contribution >= 0.6 is 12.6 Å². The number of carbonyl (C=O) groups excluding carboxylic acids is 1. The van der Waals surface area contributed by atoms with E-state index in [0.717, 1.165) is 22.1 Å². The molecule has 6 nitrogen and oxygen atoms in total. The van der Waals surface area contributed by atoms with Crippen LogP contribution in [-0.2, 0) is 4.79 Å². The van der Waals surface area contributed by atoms with Gasteiger partial charge in [0.05, 0.1) is 5.69 Å². The van der Waals surface area contributed by atoms with Gasteiger partial charge in [0, 0.05) is 5.69 Å². The van der Waals surface area contributed by atoms with Crippen LogP contribution in [0.4, 0.5) is 71.5 Å². The van der Waals surface area contributed by atoms with E-state index in [1.165, 1.54) is 0 Å². The Labute approximate surface area is 198 Å². The predicted octanol–water partition coefficient (Wildman–Crippen LogP) is 5.26. The zero-order valence-electron chi connectivity index (χ0n) is 16.6. The summed E-state index contributed by atoms with van der Waals surface area (Å²) in [7, 11) is 0. The van der Waals surface area contributed by atoms with Gasteiger partial charge in [-0.3, -0.25) is 4.79 Å². The Bertz CT molecular complexity index is 1160. The molecule has 37 heavy (non-hydrogen) atoms. The van der Waals surface area contributed by atoms with Crippen molar-refractivity contribution in [2.24, 2.45) is 0 Å². The van der Waals surface area contributed by atoms with Gasteiger partial charge in [-0.2, -0.15) is 70.5 Å². The fraction of sp³-hybridized carbons (Fsp3) is 0.467. The first-order valence-corrected chi connectivity index (χ1v) is 9.05. The van der Waals surface area contributed by atoms with Crippen LogP contribution in [0.15, 0.2) is 29.4 Å². The molecule has 0 bridgehead atoms. The minimum Gasteiger partial charge on any atom is -0.321 e. The lowest BCUT2D eigenvalue weighted by atomic mass is 9.91. The van der Waals surface area contributed by atoms with E-state index in [0.29, 0.717) is 12.1 Å². The average Bonchev–Trinajstić information content (AvgIpc) is 3.18. The summed E-state index contributed by atoms with van der Waals surface area (Å²) in [4.78, 5) is 11.6. The number of nitrogens with zero attached hydrogens (tertiary/aromatic N) is 4. The summed E-state index contributed by atoms with van der Waals surface area (Å²) in [5.74, 6) is -52.0. The number of tetrazole rings is 1. The molecule has 0 aliphatic rings. The van der Waals surface area contributed by atoms with E-state index < -0.39 is 53.3 Å². The monoisotopic (exact) mass is 589 g/mol. The zero-order valence-corrected chi connectivity index (χ0v) is 17.5. The van der Waals surface area contributed by atoms with Crippen LogP contribution in [0.3, 0.4) is 0 Å². The Hall–Kier alpha value is -2.94. The lowest BCUT2D eigenvalue weighted by Crippen LogP contribution is -2.73. The summed E-state index contributed by atoms with van der Waals surface area (Å²) >= 11 is 3.75. The Morgan fingerprint density at radius 1 is 0.757 bits per heavy atom. The quantitative estimate of drug-likeness (QED) is 0.326. The van der Waals surface area contributed by atoms with Gasteiger partial charge in [0.25, 0.3) is 0 Å². The molecule has 2 rings (SSSR count). The molecule has 0 radical (unpaired) electrons. The molecule has 0 saturated carbocycles. The van der Waals surface area contributed by atoms with Crippen molar-refractivity contribution in [1.29, 1.82) is 0 Å². The first kappa shape index (κ1) is 30.3. The van der Waals surface area contributed by atoms with Gasteiger partial charge in [0.1, 0.15) is 0 Å². The molecular weight excluding hydrogens is 583 g/mol. The third kappa shape index (κ3) is 4.41. The zero-order chi connectivity index (χ0) is 29.0. The van der Waals surface area contributed by atoms with Crippen molar-refractivity contribution in [3.8, 4) is 5.69 Å². The summed E-state index contributed by atoms with van der Waals surface area (Å²) in [5.41, 5.74) is -1.22. The molecule has 1 amide bonds. The normalized spacial score (nSPS) is 14.6. The topological polar surface area (TPSA) is 72.7 Å². The largest absolute Gasteiger partial charge is 0.460 e. The second-order valence-electron chi connectivity index (χ2n) is 6.84. The predicted molar refractivity (Wildman–Crippen MR) is 90.8 cm³/mol. The Morgan fingerprint density at radius 2 is 1.24 bits per heavy atom. The van der Waals surface area contributed by atoms with E-state index in [2.05, 4.69) is 28.2 Å². The number of thiol groups is 1. The van der Waals surface area contributed by atoms with E-state index in [9.17, 15) is 70.7 Å². The molecule has 1 N–H and O–H groups in total. The van der Waals surface area contributed by atoms with Crippen LogP contribution < -0.4 is 5.32 Å². The van der Waals surface area contributed by atoms with Gasteiger partial charge in [-0.25, -0.2) is 0 Å². The molecule has 0 unspecified atom stereocenters. The van der Waals surface area contributed by atoms with Crippen molar-refractivity contribution in [3.63, 3.8) is 0 Å². The minimum absolute atomic E-state index is 0.256. The lowest BCUT2D eigenvalue weighted by Gasteiger charge is -2.41. The number of halogens is 15. The van der Waals surface area contributed by atoms with Gasteiger partial charge < -0.3 is 5.32 Å². The van der Waals surface area contributed by atoms with E-state index in [-0.39, 0.29) is 10.8 Å². The minimum atomic E-state index is -8.49. The van der Waals surface area contributed by atoms with Crippen molar-refractivity contribution in [3.05, 3.63) is 24.3 Å². The van der Waals surface area contributed by atoms with Gasteiger partial charge in [-0.05, 0) is 28.6 Å². The number of carbonyl (C=O) groups is 1. The Balaban J connectivity index is 2.47. The van der Waals surface area contributed by atoms with Crippen molar-refractivity contribution in [2.45, 2.75) is 46.9 Å². The number of hydrogen-bond acceptors (Lipinski definition) is 5. The molecule has 0 atom stereocenters. The number of amides is 1. The van der Waals surface area contributed by atoms with Crippen LogP contribution in [0.1, 0.15) is 0 Å². The number of hydrogen-bond donors (Lipinski definition) is 2. The van der Waals surface area contributed by atoms with E-state index >= 15 is 0 Å². The summed E-state index contributed by atoms with van der Waals surface area (Å²) in [6, 6.07) is 3.20. The number of alkyl halides is 15. The van der Waals surface area contributed by atoms with Crippen molar-refractivity contribution < 1.29 is 70.7 Å². The molecule has 1 aromatic heterocycles. The molecule has 208 valence electrons. The summed E-state index contributed by atoms with van der Waals surface area (Å²) in [6.45, 7) is 0. The molecule has 0 aliphatic carbocycles. The average molecular weight is 589 g/mol. The maximum Gasteiger partial charge on any atom is 0.460 e. The SMILES string of the molecule is O=C(Nc1cccc(-n2nnnc2S)c1)C(F)(F)C(F)(F)C(F)(F)C(F)(F)C(F)(F)C(F)(F)C(F)(F)F. The third-order valence-electron chi connectivity index (χ3n) is 4.41. The van der Waals surface area contributed by atoms with Gasteiger partial charge in [0.15, 0.2) is 0 Å². The smallest absolute Gasteiger partial charge is 0.321 e. The highest BCUT2D eigenvalue weighted by atomic mass is 32.1. The Morgan fingerprint density at radius 3 is 1.70 bits per heavy atom. The molecule has 0 saturated heterocycles. The van der Waals surface area contributed by atoms with Crippen molar-refractivity contribution in [2.75, 3.05) is 5.32 Å². The second kappa shape index (κ2) is 8.82. The van der Waals surface area contributed by atoms with Gasteiger partial charge >= 0.3 is 47.6 Å². The van der Waals surface area contributed by atoms with Crippen LogP contribution in [0.2, 0.25) is 0 Å². The van der Waals surface area contributed by atoms with Crippen molar-refractivity contribution in [1.82, 2.24) is 20.2 Å². The molecule has 1 heterocycles. The number of nitrogens with one attached hydrogen (secondary N) is 1. The summed E-state index contributed by atoms with van der Waals surface area (Å²) in [6.07, 6.45) is -7.72. The van der Waals surface area contributed by atoms with Gasteiger partial charge in [-0.15, -0.1) is 17.7 Å². The number of benzene rings is 1. The maximum atomic E-state index is 14.0. The third-order valence-corrected chi connectivity index (χ3v) is 4.69. The van der Waals surface area contributed by atoms with Gasteiger partial charge in [-0.1, -0.05) is 6.07 Å². The van der Waals surface area contributed by atoms with E-state index in [1.54, 1.807) is 0 Å². The maximum absolute atomic E-state index is 14.0. The number of anilines is 1. The van der Waals surface area contributed by atoms with Crippen LogP contribution in [0.25, 0.3) is 5.69 Å². The standard InChI is InChI=1S/C15H6F15N5OS/c16-9(17,7(36)31-5-2-1-3-6(4-5)35-8(37)32-33-34-35)10(18,19)11(20,21)12(22,23)13(24,25)14(26,27)15(28,29)30/h1-4H,(H,31,36)(H,32,34,37). The van der Waals surface area contributed by atoms with Gasteiger partial charge in [0.2, 0.25) is 5.16 Å². The van der Waals surface area contributed by atoms with Crippen molar-refractivity contribution >= 4 is 24.2 Å². The molecule has 22 heteroatoms. The molecule has 0 aliphatic heterocycles. The highest BCUT2D eigenvalue weighted by molar-refractivity contribution is 7.80. The highest BCUT2D eigenvalue weighted by Gasteiger charge is 2.94. The molecular formula is C15H6F15N5OS.